The standard InChI is InChI=1S/C25H28FN5OS/c1-5-7-15(6-2)16-8-9-18(27-12-16)29-24-28-13-17(26)20(30-24)21-14(3)19-22(33-21)25(10-11-25)31(4)23(19)32/h8-9,12-13,15H,5-7,10-11H2,1-4H3,(H,27,28,29,30). The predicted molar refractivity (Wildman–Crippen MR) is 129 cm³/mol. The highest BCUT2D eigenvalue weighted by Crippen LogP contribution is 2.60. The van der Waals surface area contributed by atoms with Gasteiger partial charge in [-0.25, -0.2) is 19.3 Å². The van der Waals surface area contributed by atoms with E-state index in [-0.39, 0.29) is 23.1 Å². The third-order valence-electron chi connectivity index (χ3n) is 7.04. The summed E-state index contributed by atoms with van der Waals surface area (Å²) in [5, 5.41) is 3.10. The number of thiophene rings is 1. The number of anilines is 2. The van der Waals surface area contributed by atoms with Crippen LogP contribution in [0, 0.1) is 12.7 Å². The summed E-state index contributed by atoms with van der Waals surface area (Å²) < 4.78 is 14.8. The molecule has 3 aromatic rings. The van der Waals surface area contributed by atoms with Crippen LogP contribution in [0.5, 0.6) is 0 Å². The molecule has 1 aliphatic carbocycles. The van der Waals surface area contributed by atoms with E-state index in [1.165, 1.54) is 23.1 Å². The van der Waals surface area contributed by atoms with Gasteiger partial charge in [-0.2, -0.15) is 0 Å². The Balaban J connectivity index is 1.43. The summed E-state index contributed by atoms with van der Waals surface area (Å²) in [5.74, 6) is 0.924. The van der Waals surface area contributed by atoms with Crippen molar-refractivity contribution < 1.29 is 9.18 Å². The zero-order chi connectivity index (χ0) is 23.3. The number of hydrogen-bond donors (Lipinski definition) is 1. The molecule has 1 amide bonds. The summed E-state index contributed by atoms with van der Waals surface area (Å²) >= 11 is 1.48. The Bertz CT molecular complexity index is 1220. The minimum absolute atomic E-state index is 0.0214. The first-order chi connectivity index (χ1) is 15.9. The summed E-state index contributed by atoms with van der Waals surface area (Å²) in [5.41, 5.74) is 2.77. The van der Waals surface area contributed by atoms with Crippen molar-refractivity contribution >= 4 is 29.0 Å². The van der Waals surface area contributed by atoms with Gasteiger partial charge in [-0.15, -0.1) is 11.3 Å². The van der Waals surface area contributed by atoms with Crippen LogP contribution in [-0.4, -0.2) is 32.8 Å². The SMILES string of the molecule is CCCC(CC)c1ccc(Nc2ncc(F)c(-c3sc4c(c3C)C(=O)N(C)C43CC3)n2)nc1. The van der Waals surface area contributed by atoms with Gasteiger partial charge in [-0.05, 0) is 55.7 Å². The Kier molecular flexibility index (Phi) is 5.43. The highest BCUT2D eigenvalue weighted by atomic mass is 32.1. The fourth-order valence-corrected chi connectivity index (χ4v) is 6.47. The Hall–Kier alpha value is -2.87. The minimum atomic E-state index is -0.497. The van der Waals surface area contributed by atoms with Gasteiger partial charge in [0, 0.05) is 18.1 Å². The first-order valence-corrected chi connectivity index (χ1v) is 12.4. The topological polar surface area (TPSA) is 71.0 Å². The van der Waals surface area contributed by atoms with Crippen molar-refractivity contribution in [2.45, 2.75) is 64.3 Å². The van der Waals surface area contributed by atoms with E-state index < -0.39 is 5.82 Å². The lowest BCUT2D eigenvalue weighted by Crippen LogP contribution is -2.29. The molecule has 0 radical (unpaired) electrons. The second-order valence-electron chi connectivity index (χ2n) is 9.04. The van der Waals surface area contributed by atoms with Crippen molar-refractivity contribution in [2.75, 3.05) is 12.4 Å². The number of aromatic nitrogens is 3. The Labute approximate surface area is 197 Å². The van der Waals surface area contributed by atoms with Crippen LogP contribution in [0.4, 0.5) is 16.2 Å². The molecule has 1 spiro atoms. The normalized spacial score (nSPS) is 16.9. The van der Waals surface area contributed by atoms with Crippen LogP contribution in [-0.2, 0) is 5.54 Å². The molecule has 6 nitrogen and oxygen atoms in total. The molecule has 1 unspecified atom stereocenters. The molecular weight excluding hydrogens is 437 g/mol. The number of rotatable bonds is 7. The number of amides is 1. The Morgan fingerprint density at radius 1 is 1.24 bits per heavy atom. The fourth-order valence-electron chi connectivity index (χ4n) is 4.90. The largest absolute Gasteiger partial charge is 0.331 e. The van der Waals surface area contributed by atoms with Crippen LogP contribution < -0.4 is 5.32 Å². The monoisotopic (exact) mass is 465 g/mol. The molecule has 1 N–H and O–H groups in total. The van der Waals surface area contributed by atoms with Crippen molar-refractivity contribution in [1.29, 1.82) is 0 Å². The molecule has 3 aromatic heterocycles. The van der Waals surface area contributed by atoms with E-state index in [1.807, 2.05) is 31.1 Å². The van der Waals surface area contributed by atoms with Gasteiger partial charge in [0.25, 0.3) is 5.91 Å². The molecule has 1 aliphatic heterocycles. The van der Waals surface area contributed by atoms with Crippen LogP contribution in [0.15, 0.2) is 24.5 Å². The molecule has 4 heterocycles. The summed E-state index contributed by atoms with van der Waals surface area (Å²) in [7, 11) is 1.86. The second-order valence-corrected chi connectivity index (χ2v) is 10.1. The predicted octanol–water partition coefficient (Wildman–Crippen LogP) is 6.16. The summed E-state index contributed by atoms with van der Waals surface area (Å²) in [4.78, 5) is 29.5. The molecule has 8 heteroatoms. The number of pyridine rings is 1. The highest BCUT2D eigenvalue weighted by molar-refractivity contribution is 7.16. The zero-order valence-electron chi connectivity index (χ0n) is 19.4. The third kappa shape index (κ3) is 3.51. The number of nitrogens with one attached hydrogen (secondary N) is 1. The molecule has 2 aliphatic rings. The van der Waals surface area contributed by atoms with E-state index in [0.717, 1.165) is 48.1 Å². The highest BCUT2D eigenvalue weighted by Gasteiger charge is 2.58. The van der Waals surface area contributed by atoms with Crippen LogP contribution in [0.1, 0.15) is 78.2 Å². The molecule has 5 rings (SSSR count). The molecule has 172 valence electrons. The molecular formula is C25H28FN5OS. The quantitative estimate of drug-likeness (QED) is 0.452. The smallest absolute Gasteiger partial charge is 0.255 e. The van der Waals surface area contributed by atoms with Gasteiger partial charge in [0.2, 0.25) is 5.95 Å². The molecule has 1 saturated carbocycles. The first-order valence-electron chi connectivity index (χ1n) is 11.6. The van der Waals surface area contributed by atoms with E-state index >= 15 is 0 Å². The average Bonchev–Trinajstić information content (AvgIpc) is 3.51. The zero-order valence-corrected chi connectivity index (χ0v) is 20.2. The van der Waals surface area contributed by atoms with Crippen LogP contribution in [0.25, 0.3) is 10.6 Å². The number of carbonyl (C=O) groups excluding carboxylic acids is 1. The van der Waals surface area contributed by atoms with Crippen molar-refractivity contribution in [3.05, 3.63) is 51.9 Å². The summed E-state index contributed by atoms with van der Waals surface area (Å²) in [6.07, 6.45) is 8.34. The van der Waals surface area contributed by atoms with E-state index in [2.05, 4.69) is 40.2 Å². The second kappa shape index (κ2) is 8.17. The number of hydrogen-bond acceptors (Lipinski definition) is 6. The van der Waals surface area contributed by atoms with Gasteiger partial charge >= 0.3 is 0 Å². The number of nitrogens with zero attached hydrogens (tertiary/aromatic N) is 4. The maximum absolute atomic E-state index is 14.8. The summed E-state index contributed by atoms with van der Waals surface area (Å²) in [6, 6.07) is 3.99. The van der Waals surface area contributed by atoms with E-state index in [0.29, 0.717) is 16.6 Å². The third-order valence-corrected chi connectivity index (χ3v) is 8.53. The molecule has 1 fully saturated rings. The number of halogens is 1. The summed E-state index contributed by atoms with van der Waals surface area (Å²) in [6.45, 7) is 6.27. The van der Waals surface area contributed by atoms with Crippen molar-refractivity contribution in [2.24, 2.45) is 0 Å². The van der Waals surface area contributed by atoms with Gasteiger partial charge in [0.15, 0.2) is 5.82 Å². The van der Waals surface area contributed by atoms with Gasteiger partial charge < -0.3 is 10.2 Å². The van der Waals surface area contributed by atoms with Gasteiger partial charge in [-0.1, -0.05) is 26.3 Å². The van der Waals surface area contributed by atoms with Crippen LogP contribution in [0.3, 0.4) is 0 Å². The van der Waals surface area contributed by atoms with E-state index in [4.69, 9.17) is 0 Å². The lowest BCUT2D eigenvalue weighted by molar-refractivity contribution is 0.0755. The van der Waals surface area contributed by atoms with Crippen molar-refractivity contribution in [3.63, 3.8) is 0 Å². The molecule has 1 atom stereocenters. The number of carbonyl (C=O) groups is 1. The molecule has 33 heavy (non-hydrogen) atoms. The molecule has 0 saturated heterocycles. The van der Waals surface area contributed by atoms with Crippen molar-refractivity contribution in [1.82, 2.24) is 19.9 Å². The van der Waals surface area contributed by atoms with E-state index in [1.54, 1.807) is 0 Å². The Morgan fingerprint density at radius 2 is 2.03 bits per heavy atom. The maximum Gasteiger partial charge on any atom is 0.255 e. The van der Waals surface area contributed by atoms with Crippen molar-refractivity contribution in [3.8, 4) is 10.6 Å². The van der Waals surface area contributed by atoms with E-state index in [9.17, 15) is 9.18 Å². The lowest BCUT2D eigenvalue weighted by Gasteiger charge is -2.19. The van der Waals surface area contributed by atoms with Gasteiger partial charge in [0.05, 0.1) is 22.2 Å². The Morgan fingerprint density at radius 3 is 2.67 bits per heavy atom. The van der Waals surface area contributed by atoms with Gasteiger partial charge in [-0.3, -0.25) is 4.79 Å². The first kappa shape index (κ1) is 21.9. The maximum atomic E-state index is 14.8. The lowest BCUT2D eigenvalue weighted by atomic mass is 9.93. The molecule has 0 bridgehead atoms. The van der Waals surface area contributed by atoms with Crippen LogP contribution in [0.2, 0.25) is 0 Å². The fraction of sp³-hybridized carbons (Fsp3) is 0.440. The molecule has 0 aromatic carbocycles. The number of fused-ring (bicyclic) bond motifs is 2. The average molecular weight is 466 g/mol. The van der Waals surface area contributed by atoms with Gasteiger partial charge in [0.1, 0.15) is 11.5 Å². The minimum Gasteiger partial charge on any atom is -0.331 e. The van der Waals surface area contributed by atoms with Crippen LogP contribution >= 0.6 is 11.3 Å².